The van der Waals surface area contributed by atoms with Crippen LogP contribution >= 0.6 is 11.8 Å². The van der Waals surface area contributed by atoms with Gasteiger partial charge in [-0.3, -0.25) is 0 Å². The molecule has 1 N–H and O–H groups in total. The van der Waals surface area contributed by atoms with Crippen molar-refractivity contribution in [2.24, 2.45) is 0 Å². The van der Waals surface area contributed by atoms with Gasteiger partial charge in [0.15, 0.2) is 0 Å². The Hall–Kier alpha value is -0.670. The van der Waals surface area contributed by atoms with Gasteiger partial charge in [0.25, 0.3) is 0 Å². The molecule has 3 heteroatoms. The van der Waals surface area contributed by atoms with Gasteiger partial charge in [0.2, 0.25) is 0 Å². The molecule has 110 valence electrons. The number of benzene rings is 1. The molecule has 0 bridgehead atoms. The normalized spacial score (nSPS) is 29.2. The van der Waals surface area contributed by atoms with Gasteiger partial charge in [0.05, 0.1) is 7.11 Å². The third-order valence-corrected chi connectivity index (χ3v) is 6.25. The standard InChI is InChI=1S/C17H25NOS/c1-17(8-3-9-20-17)12-18-15-6-4-13-5-7-16(19-2)11-14(13)10-15/h5,7,11,15,18H,3-4,6,8-10,12H2,1-2H3. The minimum absolute atomic E-state index is 0.467. The van der Waals surface area contributed by atoms with Crippen molar-refractivity contribution < 1.29 is 4.74 Å². The molecule has 1 heterocycles. The lowest BCUT2D eigenvalue weighted by atomic mass is 9.88. The lowest BCUT2D eigenvalue weighted by Gasteiger charge is -2.30. The Kier molecular flexibility index (Phi) is 4.27. The summed E-state index contributed by atoms with van der Waals surface area (Å²) in [5.41, 5.74) is 2.97. The van der Waals surface area contributed by atoms with Gasteiger partial charge in [-0.15, -0.1) is 0 Å². The highest BCUT2D eigenvalue weighted by Gasteiger charge is 2.30. The quantitative estimate of drug-likeness (QED) is 0.918. The Labute approximate surface area is 126 Å². The summed E-state index contributed by atoms with van der Waals surface area (Å²) < 4.78 is 5.82. The average Bonchev–Trinajstić information content (AvgIpc) is 2.91. The third-order valence-electron chi connectivity index (χ3n) is 4.71. The van der Waals surface area contributed by atoms with Crippen molar-refractivity contribution >= 4 is 11.8 Å². The van der Waals surface area contributed by atoms with Crippen molar-refractivity contribution in [3.8, 4) is 5.75 Å². The molecule has 20 heavy (non-hydrogen) atoms. The van der Waals surface area contributed by atoms with E-state index < -0.39 is 0 Å². The monoisotopic (exact) mass is 291 g/mol. The Morgan fingerprint density at radius 3 is 3.05 bits per heavy atom. The highest BCUT2D eigenvalue weighted by molar-refractivity contribution is 8.00. The minimum atomic E-state index is 0.467. The van der Waals surface area contributed by atoms with Crippen LogP contribution in [0.5, 0.6) is 5.75 Å². The van der Waals surface area contributed by atoms with Crippen LogP contribution in [0.15, 0.2) is 18.2 Å². The molecule has 0 saturated carbocycles. The maximum Gasteiger partial charge on any atom is 0.119 e. The molecule has 1 aromatic carbocycles. The third kappa shape index (κ3) is 3.15. The first-order valence-electron chi connectivity index (χ1n) is 7.72. The molecule has 1 aromatic rings. The number of thioether (sulfide) groups is 1. The molecular weight excluding hydrogens is 266 g/mol. The molecule has 1 saturated heterocycles. The smallest absolute Gasteiger partial charge is 0.119 e. The number of hydrogen-bond acceptors (Lipinski definition) is 3. The Morgan fingerprint density at radius 2 is 2.30 bits per heavy atom. The summed E-state index contributed by atoms with van der Waals surface area (Å²) in [6.45, 7) is 3.57. The van der Waals surface area contributed by atoms with Crippen molar-refractivity contribution in [1.29, 1.82) is 0 Å². The number of ether oxygens (including phenoxy) is 1. The molecule has 1 fully saturated rings. The molecule has 2 atom stereocenters. The van der Waals surface area contributed by atoms with E-state index in [-0.39, 0.29) is 0 Å². The summed E-state index contributed by atoms with van der Waals surface area (Å²) in [7, 11) is 1.75. The second-order valence-electron chi connectivity index (χ2n) is 6.36. The first-order valence-corrected chi connectivity index (χ1v) is 8.70. The summed E-state index contributed by atoms with van der Waals surface area (Å²) in [5, 5.41) is 3.82. The van der Waals surface area contributed by atoms with E-state index in [1.54, 1.807) is 7.11 Å². The molecule has 0 radical (unpaired) electrons. The van der Waals surface area contributed by atoms with Crippen LogP contribution in [-0.2, 0) is 12.8 Å². The van der Waals surface area contributed by atoms with E-state index in [4.69, 9.17) is 4.74 Å². The first kappa shape index (κ1) is 14.3. The predicted molar refractivity (Wildman–Crippen MR) is 86.9 cm³/mol. The average molecular weight is 291 g/mol. The van der Waals surface area contributed by atoms with Crippen LogP contribution in [0.2, 0.25) is 0 Å². The van der Waals surface area contributed by atoms with Crippen molar-refractivity contribution in [2.75, 3.05) is 19.4 Å². The van der Waals surface area contributed by atoms with Crippen LogP contribution in [0.3, 0.4) is 0 Å². The Bertz CT molecular complexity index is 468. The SMILES string of the molecule is COc1ccc2c(c1)CC(NCC1(C)CCCS1)CC2. The van der Waals surface area contributed by atoms with Gasteiger partial charge >= 0.3 is 0 Å². The van der Waals surface area contributed by atoms with Gasteiger partial charge in [0.1, 0.15) is 5.75 Å². The van der Waals surface area contributed by atoms with Gasteiger partial charge < -0.3 is 10.1 Å². The van der Waals surface area contributed by atoms with E-state index in [2.05, 4.69) is 42.2 Å². The molecule has 0 aromatic heterocycles. The van der Waals surface area contributed by atoms with E-state index in [0.29, 0.717) is 10.8 Å². The molecule has 3 rings (SSSR count). The van der Waals surface area contributed by atoms with E-state index in [9.17, 15) is 0 Å². The maximum atomic E-state index is 5.35. The number of methoxy groups -OCH3 is 1. The summed E-state index contributed by atoms with van der Waals surface area (Å²) >= 11 is 2.14. The van der Waals surface area contributed by atoms with E-state index in [0.717, 1.165) is 18.7 Å². The van der Waals surface area contributed by atoms with Crippen LogP contribution in [0.1, 0.15) is 37.3 Å². The van der Waals surface area contributed by atoms with E-state index in [1.807, 2.05) is 0 Å². The molecule has 0 amide bonds. The molecule has 2 nitrogen and oxygen atoms in total. The lowest BCUT2D eigenvalue weighted by molar-refractivity contribution is 0.407. The number of aryl methyl sites for hydroxylation is 1. The topological polar surface area (TPSA) is 21.3 Å². The zero-order valence-electron chi connectivity index (χ0n) is 12.6. The number of nitrogens with one attached hydrogen (secondary N) is 1. The number of fused-ring (bicyclic) bond motifs is 1. The van der Waals surface area contributed by atoms with Crippen molar-refractivity contribution in [3.63, 3.8) is 0 Å². The summed E-state index contributed by atoms with van der Waals surface area (Å²) in [4.78, 5) is 0. The van der Waals surface area contributed by atoms with Crippen molar-refractivity contribution in [3.05, 3.63) is 29.3 Å². The van der Waals surface area contributed by atoms with Gasteiger partial charge in [0, 0.05) is 17.3 Å². The van der Waals surface area contributed by atoms with Gasteiger partial charge in [-0.05, 0) is 68.0 Å². The summed E-state index contributed by atoms with van der Waals surface area (Å²) in [5.74, 6) is 2.32. The fourth-order valence-corrected chi connectivity index (χ4v) is 4.63. The second kappa shape index (κ2) is 5.98. The zero-order valence-corrected chi connectivity index (χ0v) is 13.4. The van der Waals surface area contributed by atoms with Crippen molar-refractivity contribution in [2.45, 2.75) is 49.8 Å². The second-order valence-corrected chi connectivity index (χ2v) is 8.04. The zero-order chi connectivity index (χ0) is 14.0. The maximum absolute atomic E-state index is 5.35. The first-order chi connectivity index (χ1) is 9.68. The van der Waals surface area contributed by atoms with Crippen molar-refractivity contribution in [1.82, 2.24) is 5.32 Å². The molecule has 2 aliphatic rings. The van der Waals surface area contributed by atoms with Gasteiger partial charge in [-0.25, -0.2) is 0 Å². The van der Waals surface area contributed by atoms with Crippen LogP contribution in [-0.4, -0.2) is 30.2 Å². The van der Waals surface area contributed by atoms with Gasteiger partial charge in [-0.1, -0.05) is 6.07 Å². The fraction of sp³-hybridized carbons (Fsp3) is 0.647. The van der Waals surface area contributed by atoms with E-state index in [1.165, 1.54) is 42.6 Å². The minimum Gasteiger partial charge on any atom is -0.497 e. The highest BCUT2D eigenvalue weighted by atomic mass is 32.2. The Morgan fingerprint density at radius 1 is 1.40 bits per heavy atom. The van der Waals surface area contributed by atoms with Crippen LogP contribution in [0, 0.1) is 0 Å². The molecule has 1 aliphatic carbocycles. The fourth-order valence-electron chi connectivity index (χ4n) is 3.37. The largest absolute Gasteiger partial charge is 0.497 e. The van der Waals surface area contributed by atoms with E-state index >= 15 is 0 Å². The summed E-state index contributed by atoms with van der Waals surface area (Å²) in [6, 6.07) is 7.17. The molecule has 2 unspecified atom stereocenters. The van der Waals surface area contributed by atoms with Gasteiger partial charge in [-0.2, -0.15) is 11.8 Å². The summed E-state index contributed by atoms with van der Waals surface area (Å²) in [6.07, 6.45) is 6.35. The highest BCUT2D eigenvalue weighted by Crippen LogP contribution is 2.37. The predicted octanol–water partition coefficient (Wildman–Crippen LogP) is 3.43. The Balaban J connectivity index is 1.60. The van der Waals surface area contributed by atoms with Crippen LogP contribution < -0.4 is 10.1 Å². The molecule has 0 spiro atoms. The molecule has 1 aliphatic heterocycles. The number of rotatable bonds is 4. The van der Waals surface area contributed by atoms with Crippen LogP contribution in [0.4, 0.5) is 0 Å². The lowest BCUT2D eigenvalue weighted by Crippen LogP contribution is -2.42. The van der Waals surface area contributed by atoms with Crippen LogP contribution in [0.25, 0.3) is 0 Å². The molecular formula is C17H25NOS. The number of hydrogen-bond donors (Lipinski definition) is 1.